The number of nitrogens with one attached hydrogen (secondary N) is 2. The van der Waals surface area contributed by atoms with Gasteiger partial charge < -0.3 is 10.3 Å². The van der Waals surface area contributed by atoms with Gasteiger partial charge in [0.15, 0.2) is 5.78 Å². The molecule has 5 rings (SSSR count). The van der Waals surface area contributed by atoms with Crippen LogP contribution in [-0.2, 0) is 16.6 Å². The molecule has 1 amide bonds. The number of amides is 1. The summed E-state index contributed by atoms with van der Waals surface area (Å²) in [5.41, 5.74) is 7.19. The Bertz CT molecular complexity index is 1420. The molecule has 1 aliphatic heterocycles. The molecule has 1 aromatic heterocycles. The summed E-state index contributed by atoms with van der Waals surface area (Å²) < 4.78 is 0. The molecule has 2 N–H and O–H groups in total. The molecule has 4 nitrogen and oxygen atoms in total. The van der Waals surface area contributed by atoms with Gasteiger partial charge in [0, 0.05) is 22.0 Å². The molecule has 33 heavy (non-hydrogen) atoms. The van der Waals surface area contributed by atoms with E-state index in [1.54, 1.807) is 12.1 Å². The lowest BCUT2D eigenvalue weighted by molar-refractivity contribution is -0.115. The van der Waals surface area contributed by atoms with Crippen LogP contribution in [-0.4, -0.2) is 16.7 Å². The zero-order valence-electron chi connectivity index (χ0n) is 19.0. The molecule has 4 heteroatoms. The molecular weight excluding hydrogens is 408 g/mol. The first-order valence-corrected chi connectivity index (χ1v) is 11.2. The summed E-state index contributed by atoms with van der Waals surface area (Å²) in [6.07, 6.45) is 3.70. The zero-order chi connectivity index (χ0) is 23.2. The highest BCUT2D eigenvalue weighted by Crippen LogP contribution is 2.39. The highest BCUT2D eigenvalue weighted by molar-refractivity contribution is 6.10. The Morgan fingerprint density at radius 2 is 1.76 bits per heavy atom. The van der Waals surface area contributed by atoms with Crippen LogP contribution in [0.5, 0.6) is 0 Å². The van der Waals surface area contributed by atoms with Crippen molar-refractivity contribution in [1.29, 1.82) is 0 Å². The van der Waals surface area contributed by atoms with E-state index in [4.69, 9.17) is 0 Å². The molecule has 0 saturated heterocycles. The van der Waals surface area contributed by atoms with Crippen molar-refractivity contribution in [3.8, 4) is 11.3 Å². The van der Waals surface area contributed by atoms with Gasteiger partial charge in [-0.3, -0.25) is 9.59 Å². The second kappa shape index (κ2) is 7.89. The summed E-state index contributed by atoms with van der Waals surface area (Å²) in [5, 5.41) is 4.06. The Kier molecular flexibility index (Phi) is 5.01. The zero-order valence-corrected chi connectivity index (χ0v) is 19.0. The van der Waals surface area contributed by atoms with Crippen LogP contribution in [0.2, 0.25) is 0 Å². The third kappa shape index (κ3) is 4.00. The highest BCUT2D eigenvalue weighted by Gasteiger charge is 2.25. The van der Waals surface area contributed by atoms with E-state index in [9.17, 15) is 9.59 Å². The second-order valence-corrected chi connectivity index (χ2v) is 9.58. The van der Waals surface area contributed by atoms with Gasteiger partial charge in [-0.2, -0.15) is 0 Å². The van der Waals surface area contributed by atoms with Crippen molar-refractivity contribution < 1.29 is 9.59 Å². The summed E-state index contributed by atoms with van der Waals surface area (Å²) >= 11 is 0. The van der Waals surface area contributed by atoms with E-state index in [-0.39, 0.29) is 23.5 Å². The number of hydrogen-bond acceptors (Lipinski definition) is 2. The van der Waals surface area contributed by atoms with Crippen LogP contribution in [0, 0.1) is 0 Å². The summed E-state index contributed by atoms with van der Waals surface area (Å²) in [5.74, 6) is -0.134. The van der Waals surface area contributed by atoms with Gasteiger partial charge in [0.25, 0.3) is 0 Å². The van der Waals surface area contributed by atoms with Gasteiger partial charge in [-0.15, -0.1) is 0 Å². The predicted octanol–water partition coefficient (Wildman–Crippen LogP) is 6.52. The number of rotatable bonds is 3. The Hall–Kier alpha value is -3.92. The fourth-order valence-corrected chi connectivity index (χ4v) is 4.33. The molecule has 3 aromatic carbocycles. The molecule has 0 atom stereocenters. The molecule has 0 fully saturated rings. The molecule has 0 radical (unpaired) electrons. The van der Waals surface area contributed by atoms with E-state index in [1.807, 2.05) is 48.5 Å². The van der Waals surface area contributed by atoms with E-state index >= 15 is 0 Å². The van der Waals surface area contributed by atoms with Crippen molar-refractivity contribution >= 4 is 34.4 Å². The van der Waals surface area contributed by atoms with Gasteiger partial charge in [-0.1, -0.05) is 63.2 Å². The highest BCUT2D eigenvalue weighted by atomic mass is 16.1. The van der Waals surface area contributed by atoms with Crippen LogP contribution in [0.1, 0.15) is 47.8 Å². The lowest BCUT2D eigenvalue weighted by atomic mass is 9.86. The number of benzene rings is 3. The number of anilines is 1. The van der Waals surface area contributed by atoms with Gasteiger partial charge in [-0.25, -0.2) is 0 Å². The quantitative estimate of drug-likeness (QED) is 0.285. The summed E-state index contributed by atoms with van der Waals surface area (Å²) in [6, 6.07) is 21.6. The summed E-state index contributed by atoms with van der Waals surface area (Å²) in [7, 11) is 0. The number of ketones is 1. The smallest absolute Gasteiger partial charge is 0.228 e. The maximum atomic E-state index is 12.9. The monoisotopic (exact) mass is 434 g/mol. The van der Waals surface area contributed by atoms with E-state index in [1.165, 1.54) is 5.56 Å². The van der Waals surface area contributed by atoms with E-state index in [0.717, 1.165) is 33.3 Å². The van der Waals surface area contributed by atoms with E-state index < -0.39 is 0 Å². The average molecular weight is 435 g/mol. The first kappa shape index (κ1) is 21.0. The first-order chi connectivity index (χ1) is 15.8. The number of allylic oxidation sites excluding steroid dienone is 1. The lowest BCUT2D eigenvalue weighted by Crippen LogP contribution is -2.13. The normalized spacial score (nSPS) is 13.5. The number of fused-ring (bicyclic) bond motifs is 5. The molecule has 0 spiro atoms. The predicted molar refractivity (Wildman–Crippen MR) is 135 cm³/mol. The third-order valence-corrected chi connectivity index (χ3v) is 6.18. The van der Waals surface area contributed by atoms with E-state index in [0.29, 0.717) is 11.3 Å². The van der Waals surface area contributed by atoms with Gasteiger partial charge in [-0.05, 0) is 58.5 Å². The number of aromatic nitrogens is 1. The Morgan fingerprint density at radius 3 is 2.52 bits per heavy atom. The Labute approximate surface area is 193 Å². The van der Waals surface area contributed by atoms with Crippen LogP contribution in [0.25, 0.3) is 28.2 Å². The number of carbonyl (C=O) groups excluding carboxylic acids is 2. The topological polar surface area (TPSA) is 62.0 Å². The largest absolute Gasteiger partial charge is 0.354 e. The minimum Gasteiger partial charge on any atom is -0.354 e. The number of hydrogen-bond donors (Lipinski definition) is 2. The van der Waals surface area contributed by atoms with Gasteiger partial charge in [0.2, 0.25) is 5.91 Å². The molecule has 164 valence electrons. The molecule has 2 heterocycles. The van der Waals surface area contributed by atoms with Gasteiger partial charge >= 0.3 is 0 Å². The second-order valence-electron chi connectivity index (χ2n) is 9.58. The average Bonchev–Trinajstić information content (AvgIpc) is 3.08. The van der Waals surface area contributed by atoms with Crippen molar-refractivity contribution in [2.45, 2.75) is 32.6 Å². The molecule has 0 bridgehead atoms. The number of carbonyl (C=O) groups is 2. The van der Waals surface area contributed by atoms with Crippen LogP contribution in [0.4, 0.5) is 5.69 Å². The number of H-pyrrole nitrogens is 1. The molecule has 0 saturated carbocycles. The third-order valence-electron chi connectivity index (χ3n) is 6.18. The maximum absolute atomic E-state index is 12.9. The van der Waals surface area contributed by atoms with Crippen LogP contribution in [0.15, 0.2) is 72.8 Å². The lowest BCUT2D eigenvalue weighted by Gasteiger charge is -2.19. The van der Waals surface area contributed by atoms with Gasteiger partial charge in [0.1, 0.15) is 0 Å². The summed E-state index contributed by atoms with van der Waals surface area (Å²) in [6.45, 7) is 6.55. The van der Waals surface area contributed by atoms with Crippen molar-refractivity contribution in [2.24, 2.45) is 0 Å². The minimum absolute atomic E-state index is 0.00785. The Balaban J connectivity index is 1.60. The van der Waals surface area contributed by atoms with Crippen molar-refractivity contribution in [2.75, 3.05) is 5.32 Å². The van der Waals surface area contributed by atoms with Gasteiger partial charge in [0.05, 0.1) is 17.8 Å². The standard InChI is InChI=1S/C29H26N2O2/c1-29(2,3)20-11-13-24-21(16-20)22-17-27(33)30-25-12-10-19(15-23(25)28(22)31-24)26(32)14-9-18-7-5-4-6-8-18/h4-16,31H,17H2,1-3H3,(H,30,33)/b14-9+. The van der Waals surface area contributed by atoms with Crippen LogP contribution < -0.4 is 5.32 Å². The number of aromatic amines is 1. The molecule has 0 aliphatic carbocycles. The van der Waals surface area contributed by atoms with Crippen LogP contribution in [0.3, 0.4) is 0 Å². The molecule has 0 unspecified atom stereocenters. The molecular formula is C29H26N2O2. The molecule has 1 aliphatic rings. The van der Waals surface area contributed by atoms with Crippen LogP contribution >= 0.6 is 0 Å². The van der Waals surface area contributed by atoms with E-state index in [2.05, 4.69) is 49.3 Å². The Morgan fingerprint density at radius 1 is 0.970 bits per heavy atom. The van der Waals surface area contributed by atoms with Crippen molar-refractivity contribution in [3.05, 3.63) is 95.1 Å². The maximum Gasteiger partial charge on any atom is 0.228 e. The summed E-state index contributed by atoms with van der Waals surface area (Å²) in [4.78, 5) is 29.1. The van der Waals surface area contributed by atoms with Crippen molar-refractivity contribution in [1.82, 2.24) is 4.98 Å². The minimum atomic E-state index is -0.0788. The fourth-order valence-electron chi connectivity index (χ4n) is 4.33. The SMILES string of the molecule is CC(C)(C)c1ccc2[nH]c3c(c2c1)CC(=O)Nc1ccc(C(=O)/C=C/c2ccccc2)cc1-3. The first-order valence-electron chi connectivity index (χ1n) is 11.2. The molecule has 4 aromatic rings. The van der Waals surface area contributed by atoms with Crippen molar-refractivity contribution in [3.63, 3.8) is 0 Å². The fraction of sp³-hybridized carbons (Fsp3) is 0.172.